The molecule has 0 spiro atoms. The minimum Gasteiger partial charge on any atom is -0.397 e. The van der Waals surface area contributed by atoms with Gasteiger partial charge in [0.2, 0.25) is 5.91 Å². The molecule has 3 aromatic rings. The number of anilines is 2. The number of nitrogens with two attached hydrogens (primary N) is 2. The molecule has 0 aliphatic carbocycles. The Morgan fingerprint density at radius 2 is 1.90 bits per heavy atom. The van der Waals surface area contributed by atoms with Crippen LogP contribution in [0.4, 0.5) is 28.4 Å². The largest absolute Gasteiger partial charge is 0.419 e. The zero-order valence-electron chi connectivity index (χ0n) is 14.3. The van der Waals surface area contributed by atoms with Crippen LogP contribution in [0.5, 0.6) is 0 Å². The molecule has 6 nitrogen and oxygen atoms in total. The van der Waals surface area contributed by atoms with Crippen molar-refractivity contribution in [3.63, 3.8) is 0 Å². The van der Waals surface area contributed by atoms with Gasteiger partial charge in [0.15, 0.2) is 5.13 Å². The highest BCUT2D eigenvalue weighted by molar-refractivity contribution is 7.14. The normalized spacial score (nSPS) is 11.4. The molecule has 2 heterocycles. The molecule has 0 saturated carbocycles. The number of halogens is 4. The molecule has 0 aliphatic heterocycles. The number of aromatic nitrogens is 1. The van der Waals surface area contributed by atoms with Crippen LogP contribution in [0.25, 0.3) is 11.3 Å². The van der Waals surface area contributed by atoms with Gasteiger partial charge in [0.05, 0.1) is 28.9 Å². The smallest absolute Gasteiger partial charge is 0.397 e. The van der Waals surface area contributed by atoms with Crippen LogP contribution in [0.2, 0.25) is 0 Å². The van der Waals surface area contributed by atoms with Crippen molar-refractivity contribution in [3.05, 3.63) is 50.8 Å². The van der Waals surface area contributed by atoms with E-state index in [0.29, 0.717) is 10.9 Å². The molecule has 3 rings (SSSR count). The lowest BCUT2D eigenvalue weighted by Gasteiger charge is -2.08. The number of thiophene rings is 1. The third kappa shape index (κ3) is 4.54. The van der Waals surface area contributed by atoms with Crippen LogP contribution in [-0.2, 0) is 17.4 Å². The highest BCUT2D eigenvalue weighted by Crippen LogP contribution is 2.34. The summed E-state index contributed by atoms with van der Waals surface area (Å²) in [5.74, 6) is -2.65. The SMILES string of the molecule is NC(=O)c1c(N)csc1CC(=O)Nc1nc(-c2ccc(C(F)(F)F)c(F)c2)cs1. The van der Waals surface area contributed by atoms with Crippen LogP contribution in [0, 0.1) is 5.82 Å². The van der Waals surface area contributed by atoms with Gasteiger partial charge in [-0.1, -0.05) is 6.07 Å². The van der Waals surface area contributed by atoms with Crippen molar-refractivity contribution >= 4 is 45.3 Å². The van der Waals surface area contributed by atoms with Crippen LogP contribution in [0.1, 0.15) is 20.8 Å². The van der Waals surface area contributed by atoms with Gasteiger partial charge in [-0.25, -0.2) is 9.37 Å². The first-order chi connectivity index (χ1) is 13.6. The molecule has 0 fully saturated rings. The number of thiazole rings is 1. The minimum absolute atomic E-state index is 0.0882. The van der Waals surface area contributed by atoms with E-state index in [1.165, 1.54) is 10.8 Å². The van der Waals surface area contributed by atoms with E-state index in [1.54, 1.807) is 0 Å². The highest BCUT2D eigenvalue weighted by atomic mass is 32.1. The maximum atomic E-state index is 13.7. The van der Waals surface area contributed by atoms with Gasteiger partial charge >= 0.3 is 6.18 Å². The molecule has 0 aliphatic rings. The summed E-state index contributed by atoms with van der Waals surface area (Å²) < 4.78 is 51.7. The first-order valence-electron chi connectivity index (χ1n) is 7.84. The van der Waals surface area contributed by atoms with Crippen molar-refractivity contribution in [2.45, 2.75) is 12.6 Å². The molecule has 152 valence electrons. The maximum Gasteiger partial charge on any atom is 0.419 e. The molecule has 0 atom stereocenters. The average Bonchev–Trinajstić information content (AvgIpc) is 3.20. The van der Waals surface area contributed by atoms with Crippen LogP contribution in [0.3, 0.4) is 0 Å². The predicted molar refractivity (Wildman–Crippen MR) is 102 cm³/mol. The molecule has 0 unspecified atom stereocenters. The molecule has 1 aromatic carbocycles. The van der Waals surface area contributed by atoms with Gasteiger partial charge in [0.25, 0.3) is 5.91 Å². The summed E-state index contributed by atoms with van der Waals surface area (Å²) >= 11 is 2.13. The van der Waals surface area contributed by atoms with Crippen molar-refractivity contribution in [1.82, 2.24) is 4.98 Å². The maximum absolute atomic E-state index is 13.7. The van der Waals surface area contributed by atoms with E-state index in [4.69, 9.17) is 11.5 Å². The molecule has 0 saturated heterocycles. The van der Waals surface area contributed by atoms with Gasteiger partial charge in [-0.2, -0.15) is 13.2 Å². The topological polar surface area (TPSA) is 111 Å². The van der Waals surface area contributed by atoms with E-state index < -0.39 is 29.4 Å². The number of alkyl halides is 3. The van der Waals surface area contributed by atoms with Crippen molar-refractivity contribution in [2.75, 3.05) is 11.1 Å². The number of hydrogen-bond donors (Lipinski definition) is 3. The van der Waals surface area contributed by atoms with Crippen LogP contribution in [-0.4, -0.2) is 16.8 Å². The highest BCUT2D eigenvalue weighted by Gasteiger charge is 2.34. The Kier molecular flexibility index (Phi) is 5.57. The molecule has 29 heavy (non-hydrogen) atoms. The van der Waals surface area contributed by atoms with Gasteiger partial charge < -0.3 is 16.8 Å². The Labute approximate surface area is 169 Å². The summed E-state index contributed by atoms with van der Waals surface area (Å²) in [6.07, 6.45) is -4.96. The van der Waals surface area contributed by atoms with Gasteiger partial charge in [-0.15, -0.1) is 22.7 Å². The third-order valence-electron chi connectivity index (χ3n) is 3.78. The van der Waals surface area contributed by atoms with E-state index in [2.05, 4.69) is 10.3 Å². The fraction of sp³-hybridized carbons (Fsp3) is 0.118. The van der Waals surface area contributed by atoms with Crippen LogP contribution < -0.4 is 16.8 Å². The first-order valence-corrected chi connectivity index (χ1v) is 9.60. The first kappa shape index (κ1) is 20.7. The van der Waals surface area contributed by atoms with Crippen molar-refractivity contribution < 1.29 is 27.2 Å². The second-order valence-corrected chi connectivity index (χ2v) is 7.63. The molecule has 5 N–H and O–H groups in total. The number of hydrogen-bond acceptors (Lipinski definition) is 6. The fourth-order valence-corrected chi connectivity index (χ4v) is 4.17. The Balaban J connectivity index is 1.73. The number of benzene rings is 1. The number of carbonyl (C=O) groups is 2. The molecule has 2 aromatic heterocycles. The Bertz CT molecular complexity index is 1090. The fourth-order valence-electron chi connectivity index (χ4n) is 2.50. The van der Waals surface area contributed by atoms with Gasteiger partial charge in [0, 0.05) is 21.2 Å². The lowest BCUT2D eigenvalue weighted by molar-refractivity contribution is -0.140. The van der Waals surface area contributed by atoms with Crippen molar-refractivity contribution in [1.29, 1.82) is 0 Å². The molecule has 12 heteroatoms. The predicted octanol–water partition coefficient (Wildman–Crippen LogP) is 3.89. The van der Waals surface area contributed by atoms with Crippen LogP contribution >= 0.6 is 22.7 Å². The summed E-state index contributed by atoms with van der Waals surface area (Å²) in [5, 5.41) is 5.65. The monoisotopic (exact) mass is 444 g/mol. The number of rotatable bonds is 5. The minimum atomic E-state index is -4.79. The number of amides is 2. The average molecular weight is 444 g/mol. The zero-order valence-corrected chi connectivity index (χ0v) is 16.0. The summed E-state index contributed by atoms with van der Waals surface area (Å²) in [7, 11) is 0. The molecule has 0 radical (unpaired) electrons. The van der Waals surface area contributed by atoms with Gasteiger partial charge in [0.1, 0.15) is 5.82 Å². The summed E-state index contributed by atoms with van der Waals surface area (Å²) in [5.41, 5.74) is 10.1. The third-order valence-corrected chi connectivity index (χ3v) is 5.55. The lowest BCUT2D eigenvalue weighted by atomic mass is 10.1. The van der Waals surface area contributed by atoms with Gasteiger partial charge in [-0.05, 0) is 12.1 Å². The Morgan fingerprint density at radius 1 is 1.17 bits per heavy atom. The Hall–Kier alpha value is -2.99. The second kappa shape index (κ2) is 7.79. The van der Waals surface area contributed by atoms with E-state index >= 15 is 0 Å². The summed E-state index contributed by atoms with van der Waals surface area (Å²) in [4.78, 5) is 28.1. The van der Waals surface area contributed by atoms with Gasteiger partial charge in [-0.3, -0.25) is 9.59 Å². The zero-order chi connectivity index (χ0) is 21.3. The number of nitrogen functional groups attached to an aromatic ring is 1. The Morgan fingerprint density at radius 3 is 2.52 bits per heavy atom. The van der Waals surface area contributed by atoms with Crippen molar-refractivity contribution in [2.24, 2.45) is 5.73 Å². The number of carbonyl (C=O) groups excluding carboxylic acids is 2. The van der Waals surface area contributed by atoms with E-state index in [0.717, 1.165) is 34.8 Å². The molecule has 2 amide bonds. The summed E-state index contributed by atoms with van der Waals surface area (Å²) in [6, 6.07) is 2.46. The standard InChI is InChI=1S/C17H12F4N4O2S2/c18-9-3-7(1-2-8(9)17(19,20)21)11-6-29-16(24-11)25-13(26)4-12-14(15(23)27)10(22)5-28-12/h1-3,5-6H,4,22H2,(H2,23,27)(H,24,25,26). The van der Waals surface area contributed by atoms with E-state index in [-0.39, 0.29) is 34.1 Å². The number of primary amides is 1. The second-order valence-electron chi connectivity index (χ2n) is 5.81. The molecular formula is C17H12F4N4O2S2. The quantitative estimate of drug-likeness (QED) is 0.519. The van der Waals surface area contributed by atoms with Crippen LogP contribution in [0.15, 0.2) is 29.0 Å². The van der Waals surface area contributed by atoms with E-state index in [9.17, 15) is 27.2 Å². The number of nitrogens with one attached hydrogen (secondary N) is 1. The summed E-state index contributed by atoms with van der Waals surface area (Å²) in [6.45, 7) is 0. The number of nitrogens with zero attached hydrogens (tertiary/aromatic N) is 1. The molecule has 0 bridgehead atoms. The molecular weight excluding hydrogens is 432 g/mol. The van der Waals surface area contributed by atoms with E-state index in [1.807, 2.05) is 0 Å². The lowest BCUT2D eigenvalue weighted by Crippen LogP contribution is -2.18. The van der Waals surface area contributed by atoms with Crippen molar-refractivity contribution in [3.8, 4) is 11.3 Å².